The first-order chi connectivity index (χ1) is 15.3. The van der Waals surface area contributed by atoms with Crippen LogP contribution in [0.15, 0.2) is 84.9 Å². The van der Waals surface area contributed by atoms with E-state index in [0.717, 1.165) is 30.8 Å². The summed E-state index contributed by atoms with van der Waals surface area (Å²) < 4.78 is 0. The molecule has 0 saturated carbocycles. The van der Waals surface area contributed by atoms with Crippen LogP contribution in [0.2, 0.25) is 0 Å². The highest BCUT2D eigenvalue weighted by Gasteiger charge is 2.24. The van der Waals surface area contributed by atoms with Crippen LogP contribution < -0.4 is 0 Å². The second kappa shape index (κ2) is 9.88. The van der Waals surface area contributed by atoms with Gasteiger partial charge in [0.25, 0.3) is 5.91 Å². The Morgan fingerprint density at radius 3 is 2.23 bits per heavy atom. The molecule has 0 bridgehead atoms. The first-order valence-electron chi connectivity index (χ1n) is 10.6. The van der Waals surface area contributed by atoms with Crippen molar-refractivity contribution in [1.82, 2.24) is 9.80 Å². The smallest absolute Gasteiger partial charge is 0.254 e. The van der Waals surface area contributed by atoms with Gasteiger partial charge >= 0.3 is 0 Å². The van der Waals surface area contributed by atoms with Gasteiger partial charge in [0.15, 0.2) is 0 Å². The van der Waals surface area contributed by atoms with Gasteiger partial charge < -0.3 is 4.90 Å². The molecular formula is C27H25N3O. The number of carbonyl (C=O) groups is 1. The van der Waals surface area contributed by atoms with Crippen LogP contribution in [-0.4, -0.2) is 48.4 Å². The highest BCUT2D eigenvalue weighted by molar-refractivity contribution is 6.01. The fourth-order valence-corrected chi connectivity index (χ4v) is 3.93. The summed E-state index contributed by atoms with van der Waals surface area (Å²) in [4.78, 5) is 17.6. The molecule has 0 atom stereocenters. The first kappa shape index (κ1) is 20.6. The van der Waals surface area contributed by atoms with Gasteiger partial charge in [0, 0.05) is 43.9 Å². The molecule has 1 aliphatic rings. The highest BCUT2D eigenvalue weighted by atomic mass is 16.2. The molecule has 0 radical (unpaired) electrons. The third-order valence-electron chi connectivity index (χ3n) is 5.63. The lowest BCUT2D eigenvalue weighted by molar-refractivity contribution is 0.0651. The Morgan fingerprint density at radius 2 is 1.48 bits per heavy atom. The molecule has 0 N–H and O–H groups in total. The molecule has 1 fully saturated rings. The van der Waals surface area contributed by atoms with Gasteiger partial charge in [-0.1, -0.05) is 78.9 Å². The van der Waals surface area contributed by atoms with Crippen molar-refractivity contribution in [2.24, 2.45) is 0 Å². The molecule has 0 spiro atoms. The minimum Gasteiger partial charge on any atom is -0.336 e. The molecule has 1 heterocycles. The first-order valence-corrected chi connectivity index (χ1v) is 10.6. The van der Waals surface area contributed by atoms with Gasteiger partial charge in [0.1, 0.15) is 0 Å². The lowest BCUT2D eigenvalue weighted by atomic mass is 9.95. The van der Waals surface area contributed by atoms with E-state index in [1.165, 1.54) is 5.56 Å². The van der Waals surface area contributed by atoms with Crippen molar-refractivity contribution in [3.05, 3.63) is 102 Å². The predicted molar refractivity (Wildman–Crippen MR) is 124 cm³/mol. The summed E-state index contributed by atoms with van der Waals surface area (Å²) in [5, 5.41) is 9.47. The van der Waals surface area contributed by atoms with E-state index in [0.29, 0.717) is 24.2 Å². The second-order valence-electron chi connectivity index (χ2n) is 7.61. The van der Waals surface area contributed by atoms with Gasteiger partial charge in [-0.15, -0.1) is 0 Å². The van der Waals surface area contributed by atoms with Crippen LogP contribution in [0.3, 0.4) is 0 Å². The van der Waals surface area contributed by atoms with Crippen LogP contribution in [0.25, 0.3) is 17.2 Å². The maximum atomic E-state index is 13.3. The lowest BCUT2D eigenvalue weighted by Crippen LogP contribution is -2.48. The normalized spacial score (nSPS) is 14.5. The van der Waals surface area contributed by atoms with Crippen molar-refractivity contribution in [2.75, 3.05) is 32.7 Å². The van der Waals surface area contributed by atoms with E-state index in [4.69, 9.17) is 0 Å². The van der Waals surface area contributed by atoms with E-state index < -0.39 is 0 Å². The molecule has 3 aromatic rings. The van der Waals surface area contributed by atoms with Crippen LogP contribution >= 0.6 is 0 Å². The average molecular weight is 408 g/mol. The number of hydrogen-bond donors (Lipinski definition) is 0. The molecule has 1 amide bonds. The topological polar surface area (TPSA) is 47.3 Å². The number of benzene rings is 3. The van der Waals surface area contributed by atoms with E-state index >= 15 is 0 Å². The van der Waals surface area contributed by atoms with Crippen LogP contribution in [0.4, 0.5) is 0 Å². The maximum absolute atomic E-state index is 13.3. The summed E-state index contributed by atoms with van der Waals surface area (Å²) in [6.07, 6.45) is 4.32. The molecular weight excluding hydrogens is 382 g/mol. The molecule has 4 heteroatoms. The van der Waals surface area contributed by atoms with Crippen LogP contribution in [-0.2, 0) is 0 Å². The van der Waals surface area contributed by atoms with E-state index in [-0.39, 0.29) is 5.91 Å². The third kappa shape index (κ3) is 4.91. The van der Waals surface area contributed by atoms with Crippen molar-refractivity contribution in [3.63, 3.8) is 0 Å². The van der Waals surface area contributed by atoms with E-state index in [2.05, 4.69) is 35.3 Å². The van der Waals surface area contributed by atoms with Crippen LogP contribution in [0.1, 0.15) is 21.5 Å². The van der Waals surface area contributed by atoms with Gasteiger partial charge in [-0.05, 0) is 23.3 Å². The molecule has 1 saturated heterocycles. The molecule has 1 aliphatic heterocycles. The van der Waals surface area contributed by atoms with Crippen molar-refractivity contribution in [3.8, 4) is 17.2 Å². The van der Waals surface area contributed by atoms with Crippen molar-refractivity contribution in [1.29, 1.82) is 5.26 Å². The number of nitrogens with zero attached hydrogens (tertiary/aromatic N) is 3. The zero-order valence-corrected chi connectivity index (χ0v) is 17.4. The summed E-state index contributed by atoms with van der Waals surface area (Å²) in [5.74, 6) is 0.0304. The van der Waals surface area contributed by atoms with Gasteiger partial charge in [0.2, 0.25) is 0 Å². The SMILES string of the molecule is N#Cc1ccccc1-c1ccccc1C(=O)N1CCN(C/C=C/c2ccccc2)CC1. The van der Waals surface area contributed by atoms with Gasteiger partial charge in [0.05, 0.1) is 11.6 Å². The summed E-state index contributed by atoms with van der Waals surface area (Å²) in [6, 6.07) is 27.5. The fraction of sp³-hybridized carbons (Fsp3) is 0.185. The molecule has 0 aromatic heterocycles. The van der Waals surface area contributed by atoms with Crippen LogP contribution in [0, 0.1) is 11.3 Å². The van der Waals surface area contributed by atoms with Crippen molar-refractivity contribution < 1.29 is 4.79 Å². The zero-order valence-electron chi connectivity index (χ0n) is 17.4. The van der Waals surface area contributed by atoms with Gasteiger partial charge in [-0.3, -0.25) is 9.69 Å². The summed E-state index contributed by atoms with van der Waals surface area (Å²) in [7, 11) is 0. The highest BCUT2D eigenvalue weighted by Crippen LogP contribution is 2.28. The minimum atomic E-state index is 0.0304. The summed E-state index contributed by atoms with van der Waals surface area (Å²) in [6.45, 7) is 3.98. The predicted octanol–water partition coefficient (Wildman–Crippen LogP) is 4.70. The van der Waals surface area contributed by atoms with Crippen molar-refractivity contribution in [2.45, 2.75) is 0 Å². The maximum Gasteiger partial charge on any atom is 0.254 e. The second-order valence-corrected chi connectivity index (χ2v) is 7.61. The Morgan fingerprint density at radius 1 is 0.839 bits per heavy atom. The monoisotopic (exact) mass is 407 g/mol. The summed E-state index contributed by atoms with van der Waals surface area (Å²) >= 11 is 0. The summed E-state index contributed by atoms with van der Waals surface area (Å²) in [5.41, 5.74) is 4.06. The Balaban J connectivity index is 1.42. The van der Waals surface area contributed by atoms with Gasteiger partial charge in [-0.2, -0.15) is 5.26 Å². The van der Waals surface area contributed by atoms with E-state index in [9.17, 15) is 10.1 Å². The largest absolute Gasteiger partial charge is 0.336 e. The standard InChI is InChI=1S/C27H25N3O/c28-21-23-12-4-5-13-24(23)25-14-6-7-15-26(25)27(31)30-19-17-29(18-20-30)16-8-11-22-9-2-1-3-10-22/h1-15H,16-20H2/b11-8+. The quantitative estimate of drug-likeness (QED) is 0.616. The van der Waals surface area contributed by atoms with E-state index in [1.807, 2.05) is 65.6 Å². The fourth-order valence-electron chi connectivity index (χ4n) is 3.93. The van der Waals surface area contributed by atoms with Crippen LogP contribution in [0.5, 0.6) is 0 Å². The Bertz CT molecular complexity index is 1110. The molecule has 31 heavy (non-hydrogen) atoms. The molecule has 0 unspecified atom stereocenters. The molecule has 3 aromatic carbocycles. The Hall–Kier alpha value is -3.68. The molecule has 0 aliphatic carbocycles. The zero-order chi connectivity index (χ0) is 21.5. The molecule has 4 rings (SSSR count). The Labute approximate surface area is 183 Å². The Kier molecular flexibility index (Phi) is 6.56. The number of amides is 1. The minimum absolute atomic E-state index is 0.0304. The van der Waals surface area contributed by atoms with Gasteiger partial charge in [-0.25, -0.2) is 0 Å². The molecule has 154 valence electrons. The number of nitriles is 1. The lowest BCUT2D eigenvalue weighted by Gasteiger charge is -2.34. The average Bonchev–Trinajstić information content (AvgIpc) is 2.85. The number of carbonyl (C=O) groups excluding carboxylic acids is 1. The number of rotatable bonds is 5. The van der Waals surface area contributed by atoms with E-state index in [1.54, 1.807) is 6.07 Å². The molecule has 4 nitrogen and oxygen atoms in total. The third-order valence-corrected chi connectivity index (χ3v) is 5.63. The van der Waals surface area contributed by atoms with Crippen molar-refractivity contribution >= 4 is 12.0 Å². The number of hydrogen-bond acceptors (Lipinski definition) is 3. The number of piperazine rings is 1.